The second-order valence-electron chi connectivity index (χ2n) is 2.88. The normalized spacial score (nSPS) is 10.5. The molecule has 3 heteroatoms. The van der Waals surface area contributed by atoms with Crippen LogP contribution in [0.3, 0.4) is 0 Å². The van der Waals surface area contributed by atoms with Crippen molar-refractivity contribution in [2.75, 3.05) is 0 Å². The zero-order valence-electron chi connectivity index (χ0n) is 7.35. The number of aryl methyl sites for hydroxylation is 1. The predicted octanol–water partition coefficient (Wildman–Crippen LogP) is 3.15. The number of unbranched alkanes of at least 4 members (excludes halogenated alkanes) is 2. The van der Waals surface area contributed by atoms with Gasteiger partial charge in [-0.2, -0.15) is 0 Å². The van der Waals surface area contributed by atoms with Crippen molar-refractivity contribution in [3.8, 4) is 0 Å². The first-order valence-corrected chi connectivity index (χ1v) is 4.90. The largest absolute Gasteiger partial charge is 0.360 e. The summed E-state index contributed by atoms with van der Waals surface area (Å²) in [6.45, 7) is 2.19. The first-order chi connectivity index (χ1) is 5.86. The maximum absolute atomic E-state index is 5.57. The highest BCUT2D eigenvalue weighted by molar-refractivity contribution is 6.16. The molecule has 0 aromatic carbocycles. The van der Waals surface area contributed by atoms with Crippen molar-refractivity contribution in [3.63, 3.8) is 0 Å². The average Bonchev–Trinajstić information content (AvgIpc) is 2.53. The molecule has 1 aromatic heterocycles. The van der Waals surface area contributed by atoms with Gasteiger partial charge in [-0.3, -0.25) is 0 Å². The van der Waals surface area contributed by atoms with Gasteiger partial charge in [0, 0.05) is 6.07 Å². The van der Waals surface area contributed by atoms with Gasteiger partial charge in [-0.25, -0.2) is 0 Å². The third-order valence-electron chi connectivity index (χ3n) is 1.78. The monoisotopic (exact) mass is 187 g/mol. The minimum Gasteiger partial charge on any atom is -0.360 e. The van der Waals surface area contributed by atoms with Gasteiger partial charge in [-0.05, 0) is 12.8 Å². The van der Waals surface area contributed by atoms with Crippen molar-refractivity contribution in [1.29, 1.82) is 0 Å². The fourth-order valence-electron chi connectivity index (χ4n) is 1.09. The molecule has 1 heterocycles. The average molecular weight is 188 g/mol. The number of halogens is 1. The van der Waals surface area contributed by atoms with Crippen LogP contribution in [0.2, 0.25) is 0 Å². The Hall–Kier alpha value is -0.500. The molecule has 1 rings (SSSR count). The molecule has 0 spiro atoms. The van der Waals surface area contributed by atoms with Crippen LogP contribution in [0, 0.1) is 0 Å². The van der Waals surface area contributed by atoms with E-state index >= 15 is 0 Å². The lowest BCUT2D eigenvalue weighted by molar-refractivity contribution is 0.386. The van der Waals surface area contributed by atoms with Crippen molar-refractivity contribution in [3.05, 3.63) is 17.5 Å². The Morgan fingerprint density at radius 2 is 2.33 bits per heavy atom. The van der Waals surface area contributed by atoms with Gasteiger partial charge in [0.1, 0.15) is 0 Å². The van der Waals surface area contributed by atoms with Gasteiger partial charge in [0.15, 0.2) is 5.76 Å². The number of alkyl halides is 1. The highest BCUT2D eigenvalue weighted by Crippen LogP contribution is 2.09. The van der Waals surface area contributed by atoms with Crippen LogP contribution in [0.4, 0.5) is 0 Å². The topological polar surface area (TPSA) is 26.0 Å². The Kier molecular flexibility index (Phi) is 4.15. The minimum absolute atomic E-state index is 0.417. The number of hydrogen-bond donors (Lipinski definition) is 0. The lowest BCUT2D eigenvalue weighted by Crippen LogP contribution is -1.83. The molecule has 0 saturated carbocycles. The zero-order chi connectivity index (χ0) is 8.81. The second-order valence-corrected chi connectivity index (χ2v) is 3.14. The molecule has 0 aliphatic rings. The van der Waals surface area contributed by atoms with Crippen molar-refractivity contribution in [2.24, 2.45) is 0 Å². The van der Waals surface area contributed by atoms with Crippen LogP contribution in [0.15, 0.2) is 10.6 Å². The van der Waals surface area contributed by atoms with E-state index in [0.717, 1.165) is 17.9 Å². The van der Waals surface area contributed by atoms with Crippen molar-refractivity contribution in [2.45, 2.75) is 38.5 Å². The molecule has 1 aromatic rings. The molecule has 0 saturated heterocycles. The van der Waals surface area contributed by atoms with Gasteiger partial charge in [0.25, 0.3) is 0 Å². The summed E-state index contributed by atoms with van der Waals surface area (Å²) in [5.74, 6) is 1.18. The third-order valence-corrected chi connectivity index (χ3v) is 2.04. The van der Waals surface area contributed by atoms with Gasteiger partial charge in [0.2, 0.25) is 0 Å². The minimum atomic E-state index is 0.417. The molecule has 2 nitrogen and oxygen atoms in total. The Labute approximate surface area is 77.9 Å². The summed E-state index contributed by atoms with van der Waals surface area (Å²) < 4.78 is 4.96. The van der Waals surface area contributed by atoms with Gasteiger partial charge < -0.3 is 4.52 Å². The van der Waals surface area contributed by atoms with Gasteiger partial charge >= 0.3 is 0 Å². The Morgan fingerprint density at radius 3 is 2.92 bits per heavy atom. The van der Waals surface area contributed by atoms with Crippen LogP contribution in [-0.4, -0.2) is 5.16 Å². The number of aromatic nitrogens is 1. The number of hydrogen-bond acceptors (Lipinski definition) is 2. The fraction of sp³-hybridized carbons (Fsp3) is 0.667. The standard InChI is InChI=1S/C9H14ClNO/c1-2-3-4-5-8-6-9(7-10)12-11-8/h6H,2-5,7H2,1H3. The van der Waals surface area contributed by atoms with E-state index in [-0.39, 0.29) is 0 Å². The number of nitrogens with zero attached hydrogens (tertiary/aromatic N) is 1. The van der Waals surface area contributed by atoms with E-state index in [0.29, 0.717) is 5.88 Å². The summed E-state index contributed by atoms with van der Waals surface area (Å²) >= 11 is 5.57. The molecule has 0 radical (unpaired) electrons. The summed E-state index contributed by atoms with van der Waals surface area (Å²) in [5, 5.41) is 3.90. The molecule has 68 valence electrons. The van der Waals surface area contributed by atoms with E-state index in [1.54, 1.807) is 0 Å². The molecular formula is C9H14ClNO. The Balaban J connectivity index is 2.31. The maximum Gasteiger partial charge on any atom is 0.151 e. The van der Waals surface area contributed by atoms with Gasteiger partial charge in [-0.15, -0.1) is 11.6 Å². The molecule has 0 amide bonds. The first kappa shape index (κ1) is 9.59. The molecule has 0 bridgehead atoms. The van der Waals surface area contributed by atoms with E-state index in [2.05, 4.69) is 12.1 Å². The quantitative estimate of drug-likeness (QED) is 0.523. The lowest BCUT2D eigenvalue weighted by Gasteiger charge is -1.91. The smallest absolute Gasteiger partial charge is 0.151 e. The first-order valence-electron chi connectivity index (χ1n) is 4.37. The highest BCUT2D eigenvalue weighted by Gasteiger charge is 2.01. The summed E-state index contributed by atoms with van der Waals surface area (Å²) in [5.41, 5.74) is 1.03. The Bertz CT molecular complexity index is 222. The summed E-state index contributed by atoms with van der Waals surface area (Å²) in [7, 11) is 0. The zero-order valence-corrected chi connectivity index (χ0v) is 8.10. The van der Waals surface area contributed by atoms with E-state index < -0.39 is 0 Å². The van der Waals surface area contributed by atoms with E-state index in [1.165, 1.54) is 19.3 Å². The molecule has 0 aliphatic heterocycles. The fourth-order valence-corrected chi connectivity index (χ4v) is 1.22. The van der Waals surface area contributed by atoms with Gasteiger partial charge in [-0.1, -0.05) is 24.9 Å². The van der Waals surface area contributed by atoms with Crippen LogP contribution in [0.5, 0.6) is 0 Å². The summed E-state index contributed by atoms with van der Waals surface area (Å²) in [6.07, 6.45) is 4.68. The lowest BCUT2D eigenvalue weighted by atomic mass is 10.1. The van der Waals surface area contributed by atoms with Crippen molar-refractivity contribution >= 4 is 11.6 Å². The summed E-state index contributed by atoms with van der Waals surface area (Å²) in [4.78, 5) is 0. The van der Waals surface area contributed by atoms with Crippen LogP contribution >= 0.6 is 11.6 Å². The van der Waals surface area contributed by atoms with Crippen LogP contribution < -0.4 is 0 Å². The van der Waals surface area contributed by atoms with Crippen LogP contribution in [0.1, 0.15) is 37.6 Å². The van der Waals surface area contributed by atoms with Gasteiger partial charge in [0.05, 0.1) is 11.6 Å². The molecule has 0 aliphatic carbocycles. The number of rotatable bonds is 5. The van der Waals surface area contributed by atoms with Crippen molar-refractivity contribution < 1.29 is 4.52 Å². The van der Waals surface area contributed by atoms with Crippen LogP contribution in [-0.2, 0) is 12.3 Å². The van der Waals surface area contributed by atoms with Crippen molar-refractivity contribution in [1.82, 2.24) is 5.16 Å². The van der Waals surface area contributed by atoms with Crippen LogP contribution in [0.25, 0.3) is 0 Å². The maximum atomic E-state index is 5.57. The molecule has 0 unspecified atom stereocenters. The molecule has 12 heavy (non-hydrogen) atoms. The molecule has 0 atom stereocenters. The summed E-state index contributed by atoms with van der Waals surface area (Å²) in [6, 6.07) is 1.93. The molecule has 0 N–H and O–H groups in total. The van der Waals surface area contributed by atoms with E-state index in [4.69, 9.17) is 16.1 Å². The SMILES string of the molecule is CCCCCc1cc(CCl)on1. The molecule has 0 fully saturated rings. The molecular weight excluding hydrogens is 174 g/mol. The van der Waals surface area contributed by atoms with E-state index in [9.17, 15) is 0 Å². The predicted molar refractivity (Wildman–Crippen MR) is 49.3 cm³/mol. The van der Waals surface area contributed by atoms with E-state index in [1.807, 2.05) is 6.07 Å². The second kappa shape index (κ2) is 5.20. The Morgan fingerprint density at radius 1 is 1.50 bits per heavy atom. The third kappa shape index (κ3) is 2.86. The highest BCUT2D eigenvalue weighted by atomic mass is 35.5.